The van der Waals surface area contributed by atoms with Crippen molar-refractivity contribution in [1.82, 2.24) is 14.1 Å². The molecule has 1 aromatic carbocycles. The van der Waals surface area contributed by atoms with Crippen LogP contribution in [0.3, 0.4) is 0 Å². The van der Waals surface area contributed by atoms with Crippen LogP contribution in [-0.2, 0) is 19.0 Å². The average molecular weight is 532 g/mol. The smallest absolute Gasteiger partial charge is 0.431 e. The monoisotopic (exact) mass is 532 g/mol. The Morgan fingerprint density at radius 3 is 2.18 bits per heavy atom. The van der Waals surface area contributed by atoms with Crippen LogP contribution in [0.15, 0.2) is 52.3 Å². The second-order valence-corrected chi connectivity index (χ2v) is 8.19. The molecule has 198 valence electrons. The van der Waals surface area contributed by atoms with Crippen molar-refractivity contribution in [1.29, 1.82) is 0 Å². The number of hydrogen-bond donors (Lipinski definition) is 0. The summed E-state index contributed by atoms with van der Waals surface area (Å²) in [5, 5.41) is 11.3. The molecule has 0 atom stereocenters. The topological polar surface area (TPSA) is 109 Å². The summed E-state index contributed by atoms with van der Waals surface area (Å²) in [6.45, 7) is 3.53. The Bertz CT molecular complexity index is 1690. The maximum absolute atomic E-state index is 15.0. The van der Waals surface area contributed by atoms with E-state index in [-0.39, 0.29) is 21.4 Å². The number of aromatic nitrogens is 3. The zero-order chi connectivity index (χ0) is 27.9. The molecule has 4 rings (SSSR count). The number of benzene rings is 1. The molecule has 0 aliphatic rings. The number of halogens is 4. The van der Waals surface area contributed by atoms with Gasteiger partial charge >= 0.3 is 6.18 Å². The molecule has 0 amide bonds. The Morgan fingerprint density at radius 1 is 1.03 bits per heavy atom. The Kier molecular flexibility index (Phi) is 6.78. The van der Waals surface area contributed by atoms with Crippen molar-refractivity contribution < 1.29 is 27.2 Å². The van der Waals surface area contributed by atoms with Crippen LogP contribution in [-0.4, -0.2) is 26.2 Å². The van der Waals surface area contributed by atoms with Gasteiger partial charge in [0.2, 0.25) is 0 Å². The number of nitrogens with zero attached hydrogens (tertiary/aromatic N) is 4. The molecule has 38 heavy (non-hydrogen) atoms. The van der Waals surface area contributed by atoms with Gasteiger partial charge in [0.05, 0.1) is 17.7 Å². The third-order valence-electron chi connectivity index (χ3n) is 6.10. The molecule has 0 aliphatic heterocycles. The maximum Gasteiger partial charge on any atom is 0.431 e. The summed E-state index contributed by atoms with van der Waals surface area (Å²) in [5.41, 5.74) is -5.59. The summed E-state index contributed by atoms with van der Waals surface area (Å²) in [6.07, 6.45) is -1.63. The van der Waals surface area contributed by atoms with Gasteiger partial charge < -0.3 is 4.74 Å². The maximum atomic E-state index is 15.0. The van der Waals surface area contributed by atoms with E-state index in [4.69, 9.17) is 4.74 Å². The van der Waals surface area contributed by atoms with Crippen molar-refractivity contribution in [3.05, 3.63) is 96.2 Å². The summed E-state index contributed by atoms with van der Waals surface area (Å²) in [5.74, 6) is -1.76. The van der Waals surface area contributed by atoms with Crippen molar-refractivity contribution in [3.8, 4) is 17.1 Å². The van der Waals surface area contributed by atoms with Gasteiger partial charge in [-0.2, -0.15) is 13.2 Å². The lowest BCUT2D eigenvalue weighted by Gasteiger charge is -2.21. The van der Waals surface area contributed by atoms with Gasteiger partial charge in [-0.25, -0.2) is 4.39 Å². The lowest BCUT2D eigenvalue weighted by Crippen LogP contribution is -2.33. The van der Waals surface area contributed by atoms with Gasteiger partial charge in [-0.15, -0.1) is 0 Å². The number of methoxy groups -OCH3 is 1. The minimum atomic E-state index is -5.25. The molecule has 3 aromatic heterocycles. The quantitative estimate of drug-likeness (QED) is 0.202. The molecular weight excluding hydrogens is 512 g/mol. The third kappa shape index (κ3) is 4.19. The number of hydrogen-bond acceptors (Lipinski definition) is 6. The Hall–Kier alpha value is -4.55. The lowest BCUT2D eigenvalue weighted by atomic mass is 10.1. The van der Waals surface area contributed by atoms with Gasteiger partial charge in [-0.3, -0.25) is 33.8 Å². The molecule has 0 unspecified atom stereocenters. The number of rotatable bonds is 6. The highest BCUT2D eigenvalue weighted by Crippen LogP contribution is 2.37. The van der Waals surface area contributed by atoms with Gasteiger partial charge in [0, 0.05) is 29.9 Å². The van der Waals surface area contributed by atoms with E-state index in [0.29, 0.717) is 36.1 Å². The second-order valence-electron chi connectivity index (χ2n) is 8.19. The van der Waals surface area contributed by atoms with E-state index in [2.05, 4.69) is 4.98 Å². The molecule has 9 nitrogen and oxygen atoms in total. The predicted molar refractivity (Wildman–Crippen MR) is 130 cm³/mol. The van der Waals surface area contributed by atoms with Gasteiger partial charge in [-0.1, -0.05) is 19.9 Å². The van der Waals surface area contributed by atoms with Gasteiger partial charge in [0.25, 0.3) is 16.8 Å². The van der Waals surface area contributed by atoms with E-state index in [1.807, 2.05) is 0 Å². The highest BCUT2D eigenvalue weighted by Gasteiger charge is 2.39. The zero-order valence-electron chi connectivity index (χ0n) is 20.3. The molecule has 0 spiro atoms. The molecule has 4 aromatic rings. The number of para-hydroxylation sites is 1. The fourth-order valence-corrected chi connectivity index (χ4v) is 4.41. The standard InChI is InChI=1S/C25H20F4N4O5/c1-4-13-11-30-12-14(5-2)21(13)32-20(34)10-18(38-3)15-9-19(25(27,28)29)31(24(35)22(15)32)23-16(26)7-6-8-17(23)33(36)37/h6-12H,4-5H2,1-3H3. The molecule has 0 aliphatic carbocycles. The summed E-state index contributed by atoms with van der Waals surface area (Å²) in [7, 11) is 1.11. The number of alkyl halides is 3. The van der Waals surface area contributed by atoms with E-state index in [9.17, 15) is 37.3 Å². The third-order valence-corrected chi connectivity index (χ3v) is 6.10. The SMILES string of the molecule is CCc1cncc(CC)c1-n1c(=O)cc(OC)c2cc(C(F)(F)F)n(-c3c(F)cccc3[N+](=O)[O-])c(=O)c21. The number of pyridine rings is 3. The zero-order valence-corrected chi connectivity index (χ0v) is 20.3. The highest BCUT2D eigenvalue weighted by atomic mass is 19.4. The summed E-state index contributed by atoms with van der Waals surface area (Å²) < 4.78 is 63.9. The predicted octanol–water partition coefficient (Wildman–Crippen LogP) is 4.74. The number of fused-ring (bicyclic) bond motifs is 1. The minimum absolute atomic E-state index is 0.108. The normalized spacial score (nSPS) is 11.7. The fraction of sp³-hybridized carbons (Fsp3) is 0.240. The molecular formula is C25H20F4N4O5. The van der Waals surface area contributed by atoms with E-state index in [1.165, 1.54) is 12.4 Å². The highest BCUT2D eigenvalue weighted by molar-refractivity contribution is 5.87. The number of nitro benzene ring substituents is 1. The van der Waals surface area contributed by atoms with E-state index < -0.39 is 50.6 Å². The first-order valence-corrected chi connectivity index (χ1v) is 11.3. The van der Waals surface area contributed by atoms with Crippen LogP contribution < -0.4 is 15.9 Å². The van der Waals surface area contributed by atoms with Crippen molar-refractivity contribution in [2.24, 2.45) is 0 Å². The Balaban J connectivity index is 2.37. The van der Waals surface area contributed by atoms with Gasteiger partial charge in [0.15, 0.2) is 11.5 Å². The van der Waals surface area contributed by atoms with E-state index in [0.717, 1.165) is 29.9 Å². The second kappa shape index (κ2) is 9.72. The molecule has 0 saturated heterocycles. The Morgan fingerprint density at radius 2 is 1.66 bits per heavy atom. The van der Waals surface area contributed by atoms with Crippen LogP contribution in [0.5, 0.6) is 5.75 Å². The number of ether oxygens (including phenoxy) is 1. The van der Waals surface area contributed by atoms with Crippen molar-refractivity contribution in [2.75, 3.05) is 7.11 Å². The fourth-order valence-electron chi connectivity index (χ4n) is 4.41. The van der Waals surface area contributed by atoms with Gasteiger partial charge in [0.1, 0.15) is 17.0 Å². The largest absolute Gasteiger partial charge is 0.496 e. The van der Waals surface area contributed by atoms with Crippen LogP contribution >= 0.6 is 0 Å². The molecule has 0 bridgehead atoms. The van der Waals surface area contributed by atoms with Crippen molar-refractivity contribution in [2.45, 2.75) is 32.9 Å². The van der Waals surface area contributed by atoms with Crippen LogP contribution in [0.1, 0.15) is 30.7 Å². The molecule has 0 saturated carbocycles. The van der Waals surface area contributed by atoms with Crippen molar-refractivity contribution >= 4 is 16.6 Å². The van der Waals surface area contributed by atoms with E-state index >= 15 is 0 Å². The van der Waals surface area contributed by atoms with Crippen molar-refractivity contribution in [3.63, 3.8) is 0 Å². The first-order chi connectivity index (χ1) is 18.0. The summed E-state index contributed by atoms with van der Waals surface area (Å²) >= 11 is 0. The number of aryl methyl sites for hydroxylation is 2. The van der Waals surface area contributed by atoms with Gasteiger partial charge in [-0.05, 0) is 36.1 Å². The molecule has 0 radical (unpaired) electrons. The first-order valence-electron chi connectivity index (χ1n) is 11.3. The molecule has 13 heteroatoms. The lowest BCUT2D eigenvalue weighted by molar-refractivity contribution is -0.384. The van der Waals surface area contributed by atoms with Crippen LogP contribution in [0.4, 0.5) is 23.2 Å². The summed E-state index contributed by atoms with van der Waals surface area (Å²) in [6, 6.07) is 3.87. The van der Waals surface area contributed by atoms with Crippen LogP contribution in [0, 0.1) is 15.9 Å². The van der Waals surface area contributed by atoms with Crippen LogP contribution in [0.25, 0.3) is 22.3 Å². The van der Waals surface area contributed by atoms with Crippen LogP contribution in [0.2, 0.25) is 0 Å². The number of nitro groups is 1. The molecule has 3 heterocycles. The average Bonchev–Trinajstić information content (AvgIpc) is 2.87. The molecule has 0 N–H and O–H groups in total. The minimum Gasteiger partial charge on any atom is -0.496 e. The summed E-state index contributed by atoms with van der Waals surface area (Å²) in [4.78, 5) is 42.1. The van der Waals surface area contributed by atoms with E-state index in [1.54, 1.807) is 13.8 Å². The first kappa shape index (κ1) is 26.5. The molecule has 0 fully saturated rings. The Labute approximate surface area is 211 Å².